The second-order valence-electron chi connectivity index (χ2n) is 7.12. The third-order valence-electron chi connectivity index (χ3n) is 5.34. The van der Waals surface area contributed by atoms with Gasteiger partial charge in [0.2, 0.25) is 5.91 Å². The minimum absolute atomic E-state index is 0.208. The van der Waals surface area contributed by atoms with Gasteiger partial charge in [-0.2, -0.15) is 0 Å². The molecule has 2 aliphatic rings. The Labute approximate surface area is 159 Å². The molecule has 1 aliphatic heterocycles. The van der Waals surface area contributed by atoms with Crippen molar-refractivity contribution in [2.45, 2.75) is 44.7 Å². The van der Waals surface area contributed by atoms with Crippen LogP contribution in [0, 0.1) is 0 Å². The number of nitrogens with zero attached hydrogens (tertiary/aromatic N) is 2. The van der Waals surface area contributed by atoms with Crippen LogP contribution < -0.4 is 15.5 Å². The number of nitrogens with one attached hydrogen (secondary N) is 2. The van der Waals surface area contributed by atoms with Crippen LogP contribution in [0.4, 0.5) is 10.5 Å². The van der Waals surface area contributed by atoms with Crippen LogP contribution in [0.2, 0.25) is 5.02 Å². The molecule has 142 valence electrons. The number of hydrogen-bond donors (Lipinski definition) is 2. The number of hydrogen-bond acceptors (Lipinski definition) is 4. The summed E-state index contributed by atoms with van der Waals surface area (Å²) in [7, 11) is 0. The first-order valence-electron chi connectivity index (χ1n) is 9.39. The summed E-state index contributed by atoms with van der Waals surface area (Å²) in [4.78, 5) is 28.7. The van der Waals surface area contributed by atoms with Crippen LogP contribution in [0.1, 0.15) is 32.6 Å². The zero-order valence-electron chi connectivity index (χ0n) is 15.2. The lowest BCUT2D eigenvalue weighted by molar-refractivity contribution is -0.124. The quantitative estimate of drug-likeness (QED) is 0.845. The number of halogens is 1. The number of piperazine rings is 1. The molecule has 0 bridgehead atoms. The lowest BCUT2D eigenvalue weighted by Gasteiger charge is -2.38. The third-order valence-corrected chi connectivity index (χ3v) is 5.58. The molecule has 1 atom stereocenters. The van der Waals surface area contributed by atoms with Crippen molar-refractivity contribution < 1.29 is 9.59 Å². The Morgan fingerprint density at radius 1 is 1.15 bits per heavy atom. The number of carbonyl (C=O) groups excluding carboxylic acids is 2. The Morgan fingerprint density at radius 2 is 1.85 bits per heavy atom. The highest BCUT2D eigenvalue weighted by Crippen LogP contribution is 2.21. The highest BCUT2D eigenvalue weighted by atomic mass is 35.5. The number of amides is 3. The van der Waals surface area contributed by atoms with E-state index in [0.717, 1.165) is 62.6 Å². The maximum Gasteiger partial charge on any atom is 0.321 e. The molecule has 3 rings (SSSR count). The zero-order chi connectivity index (χ0) is 18.5. The highest BCUT2D eigenvalue weighted by Gasteiger charge is 2.27. The molecule has 0 radical (unpaired) electrons. The molecule has 1 heterocycles. The van der Waals surface area contributed by atoms with Crippen molar-refractivity contribution >= 4 is 29.2 Å². The molecule has 2 fully saturated rings. The Kier molecular flexibility index (Phi) is 6.38. The van der Waals surface area contributed by atoms with E-state index in [9.17, 15) is 9.59 Å². The van der Waals surface area contributed by atoms with Gasteiger partial charge in [0.05, 0.1) is 6.04 Å². The van der Waals surface area contributed by atoms with Crippen LogP contribution >= 0.6 is 11.6 Å². The van der Waals surface area contributed by atoms with Gasteiger partial charge in [0.25, 0.3) is 0 Å². The predicted octanol–water partition coefficient (Wildman–Crippen LogP) is 2.62. The fourth-order valence-electron chi connectivity index (χ4n) is 3.71. The van der Waals surface area contributed by atoms with Gasteiger partial charge in [-0.3, -0.25) is 15.0 Å². The number of anilines is 1. The molecule has 1 aromatic carbocycles. The van der Waals surface area contributed by atoms with Gasteiger partial charge >= 0.3 is 6.03 Å². The van der Waals surface area contributed by atoms with Gasteiger partial charge in [0.1, 0.15) is 0 Å². The van der Waals surface area contributed by atoms with Crippen molar-refractivity contribution in [3.63, 3.8) is 0 Å². The van der Waals surface area contributed by atoms with Crippen molar-refractivity contribution in [3.8, 4) is 0 Å². The molecule has 0 spiro atoms. The SMILES string of the molecule is C[C@H](C(=O)NC(=O)NC1CCCC1)N1CCN(c2cccc(Cl)c2)CC1. The van der Waals surface area contributed by atoms with E-state index in [1.165, 1.54) is 0 Å². The van der Waals surface area contributed by atoms with Gasteiger partial charge in [0, 0.05) is 42.9 Å². The maximum atomic E-state index is 12.4. The molecular weight excluding hydrogens is 352 g/mol. The van der Waals surface area contributed by atoms with Crippen LogP contribution in [0.15, 0.2) is 24.3 Å². The first kappa shape index (κ1) is 19.0. The summed E-state index contributed by atoms with van der Waals surface area (Å²) in [5.74, 6) is -0.239. The summed E-state index contributed by atoms with van der Waals surface area (Å²) >= 11 is 6.07. The second-order valence-corrected chi connectivity index (χ2v) is 7.56. The second kappa shape index (κ2) is 8.73. The fourth-order valence-corrected chi connectivity index (χ4v) is 3.90. The fraction of sp³-hybridized carbons (Fsp3) is 0.579. The van der Waals surface area contributed by atoms with Crippen LogP contribution in [0.5, 0.6) is 0 Å². The van der Waals surface area contributed by atoms with Crippen molar-refractivity contribution in [1.82, 2.24) is 15.5 Å². The summed E-state index contributed by atoms with van der Waals surface area (Å²) < 4.78 is 0. The van der Waals surface area contributed by atoms with E-state index in [1.54, 1.807) is 0 Å². The average Bonchev–Trinajstić information content (AvgIpc) is 3.14. The maximum absolute atomic E-state index is 12.4. The van der Waals surface area contributed by atoms with Gasteiger partial charge in [-0.05, 0) is 38.0 Å². The Morgan fingerprint density at radius 3 is 2.50 bits per heavy atom. The molecule has 3 amide bonds. The number of imide groups is 1. The van der Waals surface area contributed by atoms with E-state index >= 15 is 0 Å². The number of benzene rings is 1. The van der Waals surface area contributed by atoms with Crippen LogP contribution in [0.25, 0.3) is 0 Å². The minimum atomic E-state index is -0.369. The van der Waals surface area contributed by atoms with Gasteiger partial charge in [-0.1, -0.05) is 30.5 Å². The Bertz CT molecular complexity index is 640. The number of carbonyl (C=O) groups is 2. The molecule has 1 aromatic rings. The molecule has 7 heteroatoms. The molecule has 26 heavy (non-hydrogen) atoms. The molecule has 0 unspecified atom stereocenters. The lowest BCUT2D eigenvalue weighted by Crippen LogP contribution is -2.56. The van der Waals surface area contributed by atoms with Crippen molar-refractivity contribution in [3.05, 3.63) is 29.3 Å². The van der Waals surface area contributed by atoms with E-state index in [-0.39, 0.29) is 24.0 Å². The van der Waals surface area contributed by atoms with Crippen molar-refractivity contribution in [2.24, 2.45) is 0 Å². The molecule has 1 aliphatic carbocycles. The number of urea groups is 1. The highest BCUT2D eigenvalue weighted by molar-refractivity contribution is 6.30. The first-order chi connectivity index (χ1) is 12.5. The topological polar surface area (TPSA) is 64.7 Å². The summed E-state index contributed by atoms with van der Waals surface area (Å²) in [6.07, 6.45) is 4.30. The molecule has 6 nitrogen and oxygen atoms in total. The van der Waals surface area contributed by atoms with Gasteiger partial charge in [0.15, 0.2) is 0 Å². The average molecular weight is 379 g/mol. The largest absolute Gasteiger partial charge is 0.369 e. The zero-order valence-corrected chi connectivity index (χ0v) is 16.0. The van der Waals surface area contributed by atoms with Gasteiger partial charge in [-0.25, -0.2) is 4.79 Å². The number of rotatable bonds is 4. The van der Waals surface area contributed by atoms with Crippen LogP contribution in [-0.2, 0) is 4.79 Å². The Balaban J connectivity index is 1.45. The van der Waals surface area contributed by atoms with E-state index in [1.807, 2.05) is 31.2 Å². The van der Waals surface area contributed by atoms with E-state index < -0.39 is 0 Å². The van der Waals surface area contributed by atoms with Crippen LogP contribution in [0.3, 0.4) is 0 Å². The summed E-state index contributed by atoms with van der Waals surface area (Å²) in [5.41, 5.74) is 1.10. The summed E-state index contributed by atoms with van der Waals surface area (Å²) in [5, 5.41) is 6.11. The molecular formula is C19H27ClN4O2. The van der Waals surface area contributed by atoms with Gasteiger partial charge in [-0.15, -0.1) is 0 Å². The molecule has 1 saturated heterocycles. The standard InChI is InChI=1S/C19H27ClN4O2/c1-14(18(25)22-19(26)21-16-6-2-3-7-16)23-9-11-24(12-10-23)17-8-4-5-15(20)13-17/h4-5,8,13-14,16H,2-3,6-7,9-12H2,1H3,(H2,21,22,25,26)/t14-/m1/s1. The minimum Gasteiger partial charge on any atom is -0.369 e. The van der Waals surface area contributed by atoms with Crippen molar-refractivity contribution in [1.29, 1.82) is 0 Å². The van der Waals surface area contributed by atoms with E-state index in [0.29, 0.717) is 0 Å². The lowest BCUT2D eigenvalue weighted by atomic mass is 10.2. The molecule has 0 aromatic heterocycles. The predicted molar refractivity (Wildman–Crippen MR) is 104 cm³/mol. The smallest absolute Gasteiger partial charge is 0.321 e. The molecule has 2 N–H and O–H groups in total. The van der Waals surface area contributed by atoms with E-state index in [2.05, 4.69) is 20.4 Å². The Hall–Kier alpha value is -1.79. The summed E-state index contributed by atoms with van der Waals surface area (Å²) in [6.45, 7) is 5.04. The van der Waals surface area contributed by atoms with Crippen molar-refractivity contribution in [2.75, 3.05) is 31.1 Å². The molecule has 1 saturated carbocycles. The monoisotopic (exact) mass is 378 g/mol. The van der Waals surface area contributed by atoms with E-state index in [4.69, 9.17) is 11.6 Å². The first-order valence-corrected chi connectivity index (χ1v) is 9.76. The normalized spacial score (nSPS) is 20.0. The summed E-state index contributed by atoms with van der Waals surface area (Å²) in [6, 6.07) is 7.33. The third kappa shape index (κ3) is 4.89. The van der Waals surface area contributed by atoms with Gasteiger partial charge < -0.3 is 10.2 Å². The van der Waals surface area contributed by atoms with Crippen LogP contribution in [-0.4, -0.2) is 55.1 Å².